The van der Waals surface area contributed by atoms with E-state index in [0.29, 0.717) is 37.9 Å². The molecule has 1 heterocycles. The molecule has 1 saturated heterocycles. The maximum Gasteiger partial charge on any atom is 0.225 e. The van der Waals surface area contributed by atoms with E-state index in [4.69, 9.17) is 4.74 Å². The zero-order chi connectivity index (χ0) is 17.6. The van der Waals surface area contributed by atoms with Crippen LogP contribution in [0.3, 0.4) is 0 Å². The number of carbonyl (C=O) groups excluding carboxylic acids is 1. The van der Waals surface area contributed by atoms with Gasteiger partial charge in [0, 0.05) is 25.2 Å². The van der Waals surface area contributed by atoms with Crippen molar-refractivity contribution >= 4 is 21.6 Å². The second-order valence-corrected chi connectivity index (χ2v) is 8.51. The first-order valence-electron chi connectivity index (χ1n) is 8.31. The molecule has 0 aliphatic carbocycles. The molecule has 7 heteroatoms. The van der Waals surface area contributed by atoms with Crippen LogP contribution < -0.4 is 5.32 Å². The van der Waals surface area contributed by atoms with Crippen LogP contribution in [0.25, 0.3) is 0 Å². The van der Waals surface area contributed by atoms with Crippen LogP contribution in [0.2, 0.25) is 0 Å². The fourth-order valence-corrected chi connectivity index (χ4v) is 4.05. The lowest BCUT2D eigenvalue weighted by Crippen LogP contribution is -2.42. The van der Waals surface area contributed by atoms with Gasteiger partial charge in [-0.25, -0.2) is 8.42 Å². The highest BCUT2D eigenvalue weighted by Crippen LogP contribution is 2.15. The molecular formula is C17H26N2O4S. The minimum Gasteiger partial charge on any atom is -0.379 e. The first kappa shape index (κ1) is 18.9. The Kier molecular flexibility index (Phi) is 6.77. The van der Waals surface area contributed by atoms with Crippen LogP contribution in [0, 0.1) is 5.92 Å². The number of ether oxygens (including phenoxy) is 1. The normalized spacial score (nSPS) is 16.3. The fourth-order valence-electron chi connectivity index (χ4n) is 2.65. The van der Waals surface area contributed by atoms with Crippen LogP contribution in [0.5, 0.6) is 0 Å². The maximum absolute atomic E-state index is 12.2. The van der Waals surface area contributed by atoms with E-state index >= 15 is 0 Å². The minimum atomic E-state index is -3.40. The van der Waals surface area contributed by atoms with Gasteiger partial charge in [0.25, 0.3) is 0 Å². The van der Waals surface area contributed by atoms with Crippen LogP contribution in [-0.2, 0) is 26.0 Å². The second kappa shape index (κ2) is 8.60. The van der Waals surface area contributed by atoms with Crippen molar-refractivity contribution in [2.45, 2.75) is 26.7 Å². The number of hydrogen-bond donors (Lipinski definition) is 1. The molecule has 1 fully saturated rings. The Morgan fingerprint density at radius 3 is 2.67 bits per heavy atom. The average Bonchev–Trinajstić information content (AvgIpc) is 2.54. The summed E-state index contributed by atoms with van der Waals surface area (Å²) in [4.78, 5) is 12.1. The molecule has 134 valence electrons. The zero-order valence-electron chi connectivity index (χ0n) is 14.3. The van der Waals surface area contributed by atoms with E-state index in [9.17, 15) is 13.2 Å². The number of morpholine rings is 1. The number of benzene rings is 1. The van der Waals surface area contributed by atoms with E-state index in [1.165, 1.54) is 4.31 Å². The molecular weight excluding hydrogens is 328 g/mol. The Morgan fingerprint density at radius 1 is 1.29 bits per heavy atom. The van der Waals surface area contributed by atoms with Crippen LogP contribution in [0.15, 0.2) is 24.3 Å². The highest BCUT2D eigenvalue weighted by molar-refractivity contribution is 7.89. The molecule has 6 nitrogen and oxygen atoms in total. The summed E-state index contributed by atoms with van der Waals surface area (Å²) in [7, 11) is -3.40. The number of sulfonamides is 1. The largest absolute Gasteiger partial charge is 0.379 e. The van der Waals surface area contributed by atoms with Gasteiger partial charge in [-0.15, -0.1) is 0 Å². The van der Waals surface area contributed by atoms with Gasteiger partial charge >= 0.3 is 0 Å². The smallest absolute Gasteiger partial charge is 0.225 e. The van der Waals surface area contributed by atoms with E-state index in [2.05, 4.69) is 19.2 Å². The van der Waals surface area contributed by atoms with E-state index < -0.39 is 10.0 Å². The molecule has 0 unspecified atom stereocenters. The molecule has 1 aliphatic rings. The van der Waals surface area contributed by atoms with Crippen LogP contribution in [0.4, 0.5) is 5.69 Å². The first-order valence-corrected chi connectivity index (χ1v) is 9.92. The third-order valence-corrected chi connectivity index (χ3v) is 5.68. The summed E-state index contributed by atoms with van der Waals surface area (Å²) in [6, 6.07) is 7.68. The lowest BCUT2D eigenvalue weighted by Gasteiger charge is -2.25. The van der Waals surface area contributed by atoms with E-state index in [1.54, 1.807) is 0 Å². The molecule has 0 saturated carbocycles. The van der Waals surface area contributed by atoms with Crippen LogP contribution in [-0.4, -0.2) is 50.7 Å². The number of nitrogens with zero attached hydrogens (tertiary/aromatic N) is 1. The summed E-state index contributed by atoms with van der Waals surface area (Å²) in [5.41, 5.74) is 1.87. The third kappa shape index (κ3) is 5.89. The average molecular weight is 354 g/mol. The summed E-state index contributed by atoms with van der Waals surface area (Å²) in [5, 5.41) is 2.78. The van der Waals surface area contributed by atoms with E-state index in [-0.39, 0.29) is 18.1 Å². The van der Waals surface area contributed by atoms with Gasteiger partial charge in [0.05, 0.1) is 19.0 Å². The summed E-state index contributed by atoms with van der Waals surface area (Å²) in [6.07, 6.45) is 0.892. The summed E-state index contributed by atoms with van der Waals surface area (Å²) in [5.74, 6) is 0.0768. The topological polar surface area (TPSA) is 75.7 Å². The van der Waals surface area contributed by atoms with Gasteiger partial charge in [-0.3, -0.25) is 4.79 Å². The highest BCUT2D eigenvalue weighted by atomic mass is 32.2. The SMILES string of the molecule is CC(C)Cc1cccc(NC(=O)CCS(=O)(=O)N2CCOCC2)c1. The standard InChI is InChI=1S/C17H26N2O4S/c1-14(2)12-15-4-3-5-16(13-15)18-17(20)6-11-24(21,22)19-7-9-23-10-8-19/h3-5,13-14H,6-12H2,1-2H3,(H,18,20). The van der Waals surface area contributed by atoms with Crippen molar-refractivity contribution in [3.8, 4) is 0 Å². The van der Waals surface area contributed by atoms with Gasteiger partial charge in [-0.05, 0) is 30.0 Å². The molecule has 0 aromatic heterocycles. The van der Waals surface area contributed by atoms with Gasteiger partial charge in [-0.1, -0.05) is 26.0 Å². The number of amides is 1. The molecule has 24 heavy (non-hydrogen) atoms. The quantitative estimate of drug-likeness (QED) is 0.811. The Bertz CT molecular complexity index is 652. The molecule has 1 aromatic rings. The maximum atomic E-state index is 12.2. The molecule has 0 radical (unpaired) electrons. The molecule has 0 atom stereocenters. The van der Waals surface area contributed by atoms with Gasteiger partial charge in [0.2, 0.25) is 15.9 Å². The summed E-state index contributed by atoms with van der Waals surface area (Å²) in [6.45, 7) is 5.83. The van der Waals surface area contributed by atoms with Crippen molar-refractivity contribution < 1.29 is 17.9 Å². The number of carbonyl (C=O) groups is 1. The Morgan fingerprint density at radius 2 is 2.00 bits per heavy atom. The van der Waals surface area contributed by atoms with Crippen molar-refractivity contribution in [2.75, 3.05) is 37.4 Å². The third-order valence-electron chi connectivity index (χ3n) is 3.81. The van der Waals surface area contributed by atoms with Crippen molar-refractivity contribution in [1.82, 2.24) is 4.31 Å². The van der Waals surface area contributed by atoms with Gasteiger partial charge in [-0.2, -0.15) is 4.31 Å². The predicted molar refractivity (Wildman–Crippen MR) is 94.4 cm³/mol. The summed E-state index contributed by atoms with van der Waals surface area (Å²) >= 11 is 0. The number of rotatable bonds is 7. The van der Waals surface area contributed by atoms with Crippen LogP contribution in [0.1, 0.15) is 25.8 Å². The summed E-state index contributed by atoms with van der Waals surface area (Å²) < 4.78 is 31.0. The second-order valence-electron chi connectivity index (χ2n) is 6.42. The lowest BCUT2D eigenvalue weighted by atomic mass is 10.0. The Balaban J connectivity index is 1.86. The number of hydrogen-bond acceptors (Lipinski definition) is 4. The van der Waals surface area contributed by atoms with Crippen molar-refractivity contribution in [1.29, 1.82) is 0 Å². The predicted octanol–water partition coefficient (Wildman–Crippen LogP) is 1.88. The Labute approximate surface area is 144 Å². The number of anilines is 1. The van der Waals surface area contributed by atoms with Gasteiger partial charge in [0.1, 0.15) is 0 Å². The van der Waals surface area contributed by atoms with Gasteiger partial charge in [0.15, 0.2) is 0 Å². The van der Waals surface area contributed by atoms with Gasteiger partial charge < -0.3 is 10.1 Å². The monoisotopic (exact) mass is 354 g/mol. The molecule has 1 amide bonds. The van der Waals surface area contributed by atoms with Crippen molar-refractivity contribution in [2.24, 2.45) is 5.92 Å². The van der Waals surface area contributed by atoms with Crippen molar-refractivity contribution in [3.63, 3.8) is 0 Å². The molecule has 1 N–H and O–H groups in total. The Hall–Kier alpha value is -1.44. The van der Waals surface area contributed by atoms with E-state index in [1.807, 2.05) is 24.3 Å². The lowest BCUT2D eigenvalue weighted by molar-refractivity contribution is -0.115. The molecule has 2 rings (SSSR count). The van der Waals surface area contributed by atoms with Crippen molar-refractivity contribution in [3.05, 3.63) is 29.8 Å². The number of nitrogens with one attached hydrogen (secondary N) is 1. The molecule has 1 aromatic carbocycles. The van der Waals surface area contributed by atoms with E-state index in [0.717, 1.165) is 12.0 Å². The fraction of sp³-hybridized carbons (Fsp3) is 0.588. The highest BCUT2D eigenvalue weighted by Gasteiger charge is 2.24. The minimum absolute atomic E-state index is 0.0475. The van der Waals surface area contributed by atoms with Crippen LogP contribution >= 0.6 is 0 Å². The first-order chi connectivity index (χ1) is 11.4. The molecule has 0 bridgehead atoms. The molecule has 1 aliphatic heterocycles. The molecule has 0 spiro atoms. The zero-order valence-corrected chi connectivity index (χ0v) is 15.1.